The lowest BCUT2D eigenvalue weighted by Gasteiger charge is -2.22. The van der Waals surface area contributed by atoms with Crippen LogP contribution < -0.4 is 31.8 Å². The molecule has 0 unspecified atom stereocenters. The molecule has 0 saturated carbocycles. The van der Waals surface area contributed by atoms with Crippen molar-refractivity contribution >= 4 is 46.8 Å². The summed E-state index contributed by atoms with van der Waals surface area (Å²) < 4.78 is 10.9. The minimum atomic E-state index is -2.81. The molecule has 0 fully saturated rings. The molecule has 0 saturated heterocycles. The Kier molecular flexibility index (Phi) is 17.5. The smallest absolute Gasteiger partial charge is 0.327 e. The minimum Gasteiger partial charge on any atom is -0.412 e. The van der Waals surface area contributed by atoms with Gasteiger partial charge < -0.3 is 11.0 Å². The molecule has 10 nitrogen and oxygen atoms in total. The SMILES string of the molecule is C/C=C/C.O.O.O=[N+]([O-])O[P+](c1ccccc1)(c1ccccc1)c1ccccc1.O=[N+]([O-])O[P+](c1ccccc1)(c1ccccc1)c1ccccc1. The van der Waals surface area contributed by atoms with E-state index >= 15 is 0 Å². The third-order valence-electron chi connectivity index (χ3n) is 7.43. The van der Waals surface area contributed by atoms with Gasteiger partial charge >= 0.3 is 25.2 Å². The lowest BCUT2D eigenvalue weighted by atomic mass is 10.4. The summed E-state index contributed by atoms with van der Waals surface area (Å²) in [4.78, 5) is 22.7. The van der Waals surface area contributed by atoms with Gasteiger partial charge in [-0.1, -0.05) is 121 Å². The number of rotatable bonds is 10. The van der Waals surface area contributed by atoms with Crippen LogP contribution in [0.3, 0.4) is 0 Å². The van der Waals surface area contributed by atoms with Gasteiger partial charge in [-0.25, -0.2) is 0 Å². The monoisotopic (exact) mass is 740 g/mol. The predicted molar refractivity (Wildman–Crippen MR) is 214 cm³/mol. The third kappa shape index (κ3) is 10.4. The molecule has 0 aliphatic carbocycles. The van der Waals surface area contributed by atoms with Gasteiger partial charge in [0.25, 0.3) is 0 Å². The van der Waals surface area contributed by atoms with Crippen molar-refractivity contribution in [3.05, 3.63) is 214 Å². The second-order valence-corrected chi connectivity index (χ2v) is 16.4. The number of allylic oxidation sites excluding steroid dienone is 2. The Morgan fingerprint density at radius 2 is 0.538 bits per heavy atom. The Morgan fingerprint density at radius 1 is 0.385 bits per heavy atom. The second kappa shape index (κ2) is 21.5. The molecule has 0 radical (unpaired) electrons. The third-order valence-corrected chi connectivity index (χ3v) is 14.3. The van der Waals surface area contributed by atoms with E-state index in [2.05, 4.69) is 0 Å². The first-order valence-corrected chi connectivity index (χ1v) is 19.2. The van der Waals surface area contributed by atoms with Gasteiger partial charge in [-0.3, -0.25) is 0 Å². The summed E-state index contributed by atoms with van der Waals surface area (Å²) >= 11 is 0. The molecule has 0 spiro atoms. The van der Waals surface area contributed by atoms with Crippen LogP contribution in [0.2, 0.25) is 0 Å². The van der Waals surface area contributed by atoms with E-state index in [-0.39, 0.29) is 11.0 Å². The molecule has 12 heteroatoms. The first kappa shape index (κ1) is 42.4. The first-order chi connectivity index (χ1) is 24.4. The zero-order valence-corrected chi connectivity index (χ0v) is 30.5. The summed E-state index contributed by atoms with van der Waals surface area (Å²) in [6.07, 6.45) is 4.00. The fourth-order valence-corrected chi connectivity index (χ4v) is 11.5. The zero-order valence-electron chi connectivity index (χ0n) is 28.7. The van der Waals surface area contributed by atoms with Crippen LogP contribution in [0.25, 0.3) is 0 Å². The molecule has 6 aromatic rings. The minimum absolute atomic E-state index is 0. The van der Waals surface area contributed by atoms with Gasteiger partial charge in [0.05, 0.1) is 0 Å². The van der Waals surface area contributed by atoms with Gasteiger partial charge in [0.15, 0.2) is 0 Å². The standard InChI is InChI=1S/2C18H15NO3P.C4H8.2H2O/c2*20-19(21)22-23(16-10-4-1-5-11-16,17-12-6-2-7-13-17)18-14-8-3-9-15-18;1-3-4-2;;/h2*1-15H;3-4H,1-2H3;2*1H2/q2*+1;;;/b;;4-3+;;. The molecule has 0 heterocycles. The molecule has 6 rings (SSSR count). The van der Waals surface area contributed by atoms with Crippen LogP contribution in [0.5, 0.6) is 0 Å². The van der Waals surface area contributed by atoms with Crippen molar-refractivity contribution < 1.29 is 30.4 Å². The molecule has 4 N–H and O–H groups in total. The maximum absolute atomic E-state index is 11.3. The van der Waals surface area contributed by atoms with E-state index in [9.17, 15) is 20.2 Å². The fraction of sp³-hybridized carbons (Fsp3) is 0.0500. The Bertz CT molecular complexity index is 1590. The van der Waals surface area contributed by atoms with Crippen LogP contribution in [0.4, 0.5) is 0 Å². The summed E-state index contributed by atoms with van der Waals surface area (Å²) in [5.74, 6) is 0. The van der Waals surface area contributed by atoms with Gasteiger partial charge in [-0.2, -0.15) is 9.25 Å². The van der Waals surface area contributed by atoms with E-state index in [0.29, 0.717) is 0 Å². The number of benzene rings is 6. The largest absolute Gasteiger partial charge is 0.412 e. The lowest BCUT2D eigenvalue weighted by Crippen LogP contribution is -2.34. The summed E-state index contributed by atoms with van der Waals surface area (Å²) in [7, 11) is -5.62. The Morgan fingerprint density at radius 3 is 0.654 bits per heavy atom. The maximum atomic E-state index is 11.3. The maximum Gasteiger partial charge on any atom is 0.327 e. The highest BCUT2D eigenvalue weighted by atomic mass is 31.2. The van der Waals surface area contributed by atoms with Crippen LogP contribution in [0.1, 0.15) is 13.8 Å². The van der Waals surface area contributed by atoms with E-state index in [1.165, 1.54) is 0 Å². The fourth-order valence-electron chi connectivity index (χ4n) is 5.20. The van der Waals surface area contributed by atoms with Crippen molar-refractivity contribution in [2.24, 2.45) is 0 Å². The van der Waals surface area contributed by atoms with Crippen LogP contribution in [0.15, 0.2) is 194 Å². The van der Waals surface area contributed by atoms with E-state index in [0.717, 1.165) is 31.8 Å². The quantitative estimate of drug-likeness (QED) is 0.0708. The molecule has 0 bridgehead atoms. The van der Waals surface area contributed by atoms with Crippen molar-refractivity contribution in [1.29, 1.82) is 0 Å². The summed E-state index contributed by atoms with van der Waals surface area (Å²) in [5.41, 5.74) is 0. The molecule has 268 valence electrons. The lowest BCUT2D eigenvalue weighted by molar-refractivity contribution is -0.712. The van der Waals surface area contributed by atoms with Gasteiger partial charge in [0, 0.05) is 0 Å². The van der Waals surface area contributed by atoms with Crippen LogP contribution >= 0.6 is 15.0 Å². The topological polar surface area (TPSA) is 168 Å². The molecule has 0 aromatic heterocycles. The van der Waals surface area contributed by atoms with Crippen LogP contribution in [-0.2, 0) is 9.25 Å². The normalized spacial score (nSPS) is 10.4. The molecule has 0 aliphatic rings. The Balaban J connectivity index is 0.000000316. The van der Waals surface area contributed by atoms with Crippen LogP contribution in [0, 0.1) is 20.2 Å². The van der Waals surface area contributed by atoms with E-state index in [1.54, 1.807) is 0 Å². The first-order valence-electron chi connectivity index (χ1n) is 15.8. The highest BCUT2D eigenvalue weighted by Crippen LogP contribution is 2.57. The molecule has 52 heavy (non-hydrogen) atoms. The average molecular weight is 741 g/mol. The summed E-state index contributed by atoms with van der Waals surface area (Å²) in [6, 6.07) is 56.5. The summed E-state index contributed by atoms with van der Waals surface area (Å²) in [5, 5.41) is 26.2. The van der Waals surface area contributed by atoms with Crippen molar-refractivity contribution in [3.63, 3.8) is 0 Å². The van der Waals surface area contributed by atoms with E-state index < -0.39 is 25.2 Å². The zero-order chi connectivity index (χ0) is 35.7. The van der Waals surface area contributed by atoms with Crippen molar-refractivity contribution in [2.45, 2.75) is 13.8 Å². The van der Waals surface area contributed by atoms with Crippen molar-refractivity contribution in [1.82, 2.24) is 0 Å². The van der Waals surface area contributed by atoms with E-state index in [4.69, 9.17) is 9.25 Å². The van der Waals surface area contributed by atoms with E-state index in [1.807, 2.05) is 208 Å². The van der Waals surface area contributed by atoms with Gasteiger partial charge in [0.1, 0.15) is 31.8 Å². The number of hydrogen-bond donors (Lipinski definition) is 0. The molecule has 6 aromatic carbocycles. The number of hydrogen-bond acceptors (Lipinski definition) is 6. The second-order valence-electron chi connectivity index (χ2n) is 10.5. The van der Waals surface area contributed by atoms with Crippen molar-refractivity contribution in [3.8, 4) is 0 Å². The predicted octanol–water partition coefficient (Wildman–Crippen LogP) is 6.14. The molecular weight excluding hydrogens is 698 g/mol. The Hall–Kier alpha value is -5.76. The highest BCUT2D eigenvalue weighted by Gasteiger charge is 2.52. The van der Waals surface area contributed by atoms with Crippen LogP contribution in [-0.4, -0.2) is 21.1 Å². The molecule has 0 atom stereocenters. The molecule has 0 aliphatic heterocycles. The number of nitrogens with zero attached hydrogens (tertiary/aromatic N) is 2. The summed E-state index contributed by atoms with van der Waals surface area (Å²) in [6.45, 7) is 4.00. The average Bonchev–Trinajstić information content (AvgIpc) is 3.18. The molecular formula is C40H42N2O8P2+2. The van der Waals surface area contributed by atoms with Gasteiger partial charge in [-0.05, 0) is 86.6 Å². The Labute approximate surface area is 304 Å². The molecule has 0 amide bonds. The highest BCUT2D eigenvalue weighted by molar-refractivity contribution is 7.92. The van der Waals surface area contributed by atoms with Gasteiger partial charge in [0.2, 0.25) is 0 Å². The van der Waals surface area contributed by atoms with Crippen molar-refractivity contribution in [2.75, 3.05) is 0 Å². The van der Waals surface area contributed by atoms with Gasteiger partial charge in [-0.15, -0.1) is 20.2 Å².